The van der Waals surface area contributed by atoms with Crippen LogP contribution in [0.5, 0.6) is 0 Å². The molecule has 1 aliphatic heterocycles. The van der Waals surface area contributed by atoms with Crippen LogP contribution in [-0.2, 0) is 15.7 Å². The van der Waals surface area contributed by atoms with Gasteiger partial charge in [-0.2, -0.15) is 13.2 Å². The fourth-order valence-corrected chi connectivity index (χ4v) is 2.41. The lowest BCUT2D eigenvalue weighted by Crippen LogP contribution is -2.40. The minimum Gasteiger partial charge on any atom is -0.466 e. The molecular formula is C14H17F3N2O2. The fraction of sp³-hybridized carbons (Fsp3) is 0.571. The fourth-order valence-electron chi connectivity index (χ4n) is 2.41. The Balaban J connectivity index is 2.13. The van der Waals surface area contributed by atoms with E-state index in [-0.39, 0.29) is 17.7 Å². The number of aromatic nitrogens is 1. The van der Waals surface area contributed by atoms with E-state index in [4.69, 9.17) is 4.74 Å². The van der Waals surface area contributed by atoms with Gasteiger partial charge in [0.2, 0.25) is 0 Å². The monoisotopic (exact) mass is 302 g/mol. The first-order chi connectivity index (χ1) is 9.91. The van der Waals surface area contributed by atoms with Gasteiger partial charge in [0.05, 0.1) is 18.1 Å². The SMILES string of the molecule is CCOC(=O)C1CCCN(c2cc(C(F)(F)F)ccn2)C1. The maximum absolute atomic E-state index is 12.7. The number of alkyl halides is 3. The zero-order chi connectivity index (χ0) is 15.5. The first-order valence-electron chi connectivity index (χ1n) is 6.86. The molecule has 21 heavy (non-hydrogen) atoms. The number of rotatable bonds is 3. The summed E-state index contributed by atoms with van der Waals surface area (Å²) in [6.45, 7) is 2.96. The molecule has 2 rings (SSSR count). The van der Waals surface area contributed by atoms with Crippen molar-refractivity contribution in [2.24, 2.45) is 5.92 Å². The molecule has 1 unspecified atom stereocenters. The highest BCUT2D eigenvalue weighted by Gasteiger charge is 2.32. The quantitative estimate of drug-likeness (QED) is 0.805. The van der Waals surface area contributed by atoms with Gasteiger partial charge in [-0.05, 0) is 31.9 Å². The number of halogens is 3. The first-order valence-corrected chi connectivity index (χ1v) is 6.86. The van der Waals surface area contributed by atoms with Crippen LogP contribution in [0.25, 0.3) is 0 Å². The van der Waals surface area contributed by atoms with Crippen LogP contribution in [0.2, 0.25) is 0 Å². The van der Waals surface area contributed by atoms with Crippen molar-refractivity contribution in [3.05, 3.63) is 23.9 Å². The second-order valence-corrected chi connectivity index (χ2v) is 4.94. The highest BCUT2D eigenvalue weighted by atomic mass is 19.4. The highest BCUT2D eigenvalue weighted by Crippen LogP contribution is 2.31. The summed E-state index contributed by atoms with van der Waals surface area (Å²) in [4.78, 5) is 17.5. The molecule has 116 valence electrons. The van der Waals surface area contributed by atoms with Crippen LogP contribution in [0, 0.1) is 5.92 Å². The van der Waals surface area contributed by atoms with E-state index in [1.807, 2.05) is 0 Å². The lowest BCUT2D eigenvalue weighted by atomic mass is 9.98. The van der Waals surface area contributed by atoms with E-state index in [9.17, 15) is 18.0 Å². The lowest BCUT2D eigenvalue weighted by Gasteiger charge is -2.32. The van der Waals surface area contributed by atoms with Crippen LogP contribution in [0.15, 0.2) is 18.3 Å². The summed E-state index contributed by atoms with van der Waals surface area (Å²) in [5.41, 5.74) is -0.731. The number of nitrogens with zero attached hydrogens (tertiary/aromatic N) is 2. The number of piperidine rings is 1. The van der Waals surface area contributed by atoms with Crippen molar-refractivity contribution in [2.45, 2.75) is 25.9 Å². The van der Waals surface area contributed by atoms with Gasteiger partial charge in [-0.15, -0.1) is 0 Å². The van der Waals surface area contributed by atoms with Crippen LogP contribution in [0.4, 0.5) is 19.0 Å². The Morgan fingerprint density at radius 1 is 1.52 bits per heavy atom. The van der Waals surface area contributed by atoms with Gasteiger partial charge >= 0.3 is 12.1 Å². The summed E-state index contributed by atoms with van der Waals surface area (Å²) < 4.78 is 43.1. The number of pyridine rings is 1. The third kappa shape index (κ3) is 3.86. The van der Waals surface area contributed by atoms with Gasteiger partial charge in [0.1, 0.15) is 5.82 Å². The van der Waals surface area contributed by atoms with Crippen LogP contribution in [0.3, 0.4) is 0 Å². The van der Waals surface area contributed by atoms with E-state index in [1.165, 1.54) is 0 Å². The number of ether oxygens (including phenoxy) is 1. The summed E-state index contributed by atoms with van der Waals surface area (Å²) in [5, 5.41) is 0. The number of hydrogen-bond acceptors (Lipinski definition) is 4. The number of carbonyl (C=O) groups is 1. The first kappa shape index (κ1) is 15.6. The minimum absolute atomic E-state index is 0.249. The molecule has 0 radical (unpaired) electrons. The zero-order valence-electron chi connectivity index (χ0n) is 11.7. The molecule has 1 fully saturated rings. The number of esters is 1. The molecule has 0 aliphatic carbocycles. The Kier molecular flexibility index (Phi) is 4.69. The van der Waals surface area contributed by atoms with Gasteiger partial charge in [0.25, 0.3) is 0 Å². The van der Waals surface area contributed by atoms with Crippen molar-refractivity contribution in [3.63, 3.8) is 0 Å². The van der Waals surface area contributed by atoms with Crippen LogP contribution < -0.4 is 4.90 Å². The molecule has 7 heteroatoms. The number of hydrogen-bond donors (Lipinski definition) is 0. The average Bonchev–Trinajstić information content (AvgIpc) is 2.47. The van der Waals surface area contributed by atoms with E-state index >= 15 is 0 Å². The topological polar surface area (TPSA) is 42.4 Å². The molecule has 0 spiro atoms. The molecule has 1 aromatic rings. The second-order valence-electron chi connectivity index (χ2n) is 4.94. The molecule has 1 saturated heterocycles. The summed E-state index contributed by atoms with van der Waals surface area (Å²) in [5.74, 6) is -0.358. The standard InChI is InChI=1S/C14H17F3N2O2/c1-2-21-13(20)10-4-3-7-19(9-10)12-8-11(5-6-18-12)14(15,16)17/h5-6,8,10H,2-4,7,9H2,1H3. The maximum Gasteiger partial charge on any atom is 0.416 e. The normalized spacial score (nSPS) is 19.4. The van der Waals surface area contributed by atoms with Crippen molar-refractivity contribution >= 4 is 11.8 Å². The molecule has 0 amide bonds. The largest absolute Gasteiger partial charge is 0.466 e. The Morgan fingerprint density at radius 3 is 2.95 bits per heavy atom. The van der Waals surface area contributed by atoms with Gasteiger partial charge < -0.3 is 9.64 Å². The van der Waals surface area contributed by atoms with Gasteiger partial charge in [-0.25, -0.2) is 4.98 Å². The van der Waals surface area contributed by atoms with E-state index < -0.39 is 11.7 Å². The summed E-state index contributed by atoms with van der Waals surface area (Å²) in [6.07, 6.45) is -1.84. The predicted octanol–water partition coefficient (Wildman–Crippen LogP) is 2.88. The summed E-state index contributed by atoms with van der Waals surface area (Å²) >= 11 is 0. The van der Waals surface area contributed by atoms with Crippen molar-refractivity contribution in [3.8, 4) is 0 Å². The highest BCUT2D eigenvalue weighted by molar-refractivity contribution is 5.73. The third-order valence-electron chi connectivity index (χ3n) is 3.44. The second kappa shape index (κ2) is 6.32. The lowest BCUT2D eigenvalue weighted by molar-refractivity contribution is -0.148. The van der Waals surface area contributed by atoms with E-state index in [0.717, 1.165) is 24.8 Å². The molecular weight excluding hydrogens is 285 g/mol. The van der Waals surface area contributed by atoms with Crippen LogP contribution in [-0.4, -0.2) is 30.6 Å². The number of carbonyl (C=O) groups excluding carboxylic acids is 1. The number of anilines is 1. The predicted molar refractivity (Wildman–Crippen MR) is 70.8 cm³/mol. The van der Waals surface area contributed by atoms with Crippen molar-refractivity contribution in [1.29, 1.82) is 0 Å². The Hall–Kier alpha value is -1.79. The Morgan fingerprint density at radius 2 is 2.29 bits per heavy atom. The molecule has 0 bridgehead atoms. The van der Waals surface area contributed by atoms with E-state index in [0.29, 0.717) is 26.1 Å². The molecule has 0 aromatic carbocycles. The minimum atomic E-state index is -4.39. The van der Waals surface area contributed by atoms with Crippen LogP contribution >= 0.6 is 0 Å². The van der Waals surface area contributed by atoms with Gasteiger partial charge in [-0.3, -0.25) is 4.79 Å². The smallest absolute Gasteiger partial charge is 0.416 e. The van der Waals surface area contributed by atoms with E-state index in [2.05, 4.69) is 4.98 Å². The third-order valence-corrected chi connectivity index (χ3v) is 3.44. The van der Waals surface area contributed by atoms with Crippen LogP contribution in [0.1, 0.15) is 25.3 Å². The average molecular weight is 302 g/mol. The van der Waals surface area contributed by atoms with Gasteiger partial charge in [-0.1, -0.05) is 0 Å². The Labute approximate surface area is 120 Å². The summed E-state index contributed by atoms with van der Waals surface area (Å²) in [6, 6.07) is 1.96. The van der Waals surface area contributed by atoms with Crippen molar-refractivity contribution < 1.29 is 22.7 Å². The Bertz CT molecular complexity index is 505. The van der Waals surface area contributed by atoms with Gasteiger partial charge in [0.15, 0.2) is 0 Å². The molecule has 4 nitrogen and oxygen atoms in total. The van der Waals surface area contributed by atoms with E-state index in [1.54, 1.807) is 11.8 Å². The molecule has 1 aromatic heterocycles. The van der Waals surface area contributed by atoms with Gasteiger partial charge in [0, 0.05) is 19.3 Å². The van der Waals surface area contributed by atoms with Crippen molar-refractivity contribution in [2.75, 3.05) is 24.6 Å². The maximum atomic E-state index is 12.7. The summed E-state index contributed by atoms with van der Waals surface area (Å²) in [7, 11) is 0. The molecule has 1 atom stereocenters. The molecule has 1 aliphatic rings. The molecule has 0 N–H and O–H groups in total. The molecule has 2 heterocycles. The van der Waals surface area contributed by atoms with Crippen molar-refractivity contribution in [1.82, 2.24) is 4.98 Å². The zero-order valence-corrected chi connectivity index (χ0v) is 11.7. The molecule has 0 saturated carbocycles.